The third-order valence-electron chi connectivity index (χ3n) is 4.90. The van der Waals surface area contributed by atoms with Gasteiger partial charge in [0.1, 0.15) is 5.82 Å². The van der Waals surface area contributed by atoms with Crippen LogP contribution in [0.15, 0.2) is 67.1 Å². The summed E-state index contributed by atoms with van der Waals surface area (Å²) in [5.74, 6) is 0.892. The zero-order chi connectivity index (χ0) is 18.1. The quantitative estimate of drug-likeness (QED) is 0.605. The standard InChI is InChI=1S/C21H19N5O/c1-2-4-17-15(3-1)8-12-27-19(17)14-23-21-13-18(16-5-9-22-10-6-16)25-20-7-11-24-26(20)21/h1-7,9-11,13,19,23H,8,12,14H2/t19-/m1/s1. The van der Waals surface area contributed by atoms with E-state index < -0.39 is 0 Å². The second-order valence-corrected chi connectivity index (χ2v) is 6.55. The predicted octanol–water partition coefficient (Wildman–Crippen LogP) is 3.52. The number of nitrogens with zero attached hydrogens (tertiary/aromatic N) is 4. The maximum atomic E-state index is 6.02. The first-order chi connectivity index (χ1) is 13.4. The van der Waals surface area contributed by atoms with Crippen LogP contribution in [-0.2, 0) is 11.2 Å². The van der Waals surface area contributed by atoms with Gasteiger partial charge in [0.25, 0.3) is 0 Å². The molecule has 6 nitrogen and oxygen atoms in total. The average Bonchev–Trinajstić information content (AvgIpc) is 3.21. The van der Waals surface area contributed by atoms with E-state index in [9.17, 15) is 0 Å². The number of rotatable bonds is 4. The zero-order valence-electron chi connectivity index (χ0n) is 14.7. The van der Waals surface area contributed by atoms with Crippen molar-refractivity contribution in [2.75, 3.05) is 18.5 Å². The van der Waals surface area contributed by atoms with E-state index in [1.54, 1.807) is 18.6 Å². The van der Waals surface area contributed by atoms with Crippen LogP contribution >= 0.6 is 0 Å². The molecular weight excluding hydrogens is 338 g/mol. The Hall–Kier alpha value is -3.25. The van der Waals surface area contributed by atoms with Gasteiger partial charge in [0.15, 0.2) is 5.65 Å². The summed E-state index contributed by atoms with van der Waals surface area (Å²) in [6, 6.07) is 16.3. The van der Waals surface area contributed by atoms with Crippen molar-refractivity contribution >= 4 is 11.5 Å². The van der Waals surface area contributed by atoms with Crippen LogP contribution in [0, 0.1) is 0 Å². The number of pyridine rings is 1. The highest BCUT2D eigenvalue weighted by atomic mass is 16.5. The zero-order valence-corrected chi connectivity index (χ0v) is 14.7. The fourth-order valence-corrected chi connectivity index (χ4v) is 3.55. The number of anilines is 1. The molecule has 0 spiro atoms. The minimum absolute atomic E-state index is 0.0260. The van der Waals surface area contributed by atoms with Crippen LogP contribution in [0.5, 0.6) is 0 Å². The van der Waals surface area contributed by atoms with Crippen molar-refractivity contribution < 1.29 is 4.74 Å². The molecule has 4 heterocycles. The number of aromatic nitrogens is 4. The van der Waals surface area contributed by atoms with Gasteiger partial charge in [-0.2, -0.15) is 9.61 Å². The predicted molar refractivity (Wildman–Crippen MR) is 104 cm³/mol. The summed E-state index contributed by atoms with van der Waals surface area (Å²) in [7, 11) is 0. The van der Waals surface area contributed by atoms with Crippen molar-refractivity contribution in [2.24, 2.45) is 0 Å². The minimum Gasteiger partial charge on any atom is -0.371 e. The molecule has 0 amide bonds. The molecule has 1 N–H and O–H groups in total. The van der Waals surface area contributed by atoms with Crippen LogP contribution in [0.3, 0.4) is 0 Å². The van der Waals surface area contributed by atoms with E-state index >= 15 is 0 Å². The number of hydrogen-bond acceptors (Lipinski definition) is 5. The summed E-state index contributed by atoms with van der Waals surface area (Å²) in [5.41, 5.74) is 5.34. The average molecular weight is 357 g/mol. The largest absolute Gasteiger partial charge is 0.371 e. The molecule has 1 atom stereocenters. The maximum Gasteiger partial charge on any atom is 0.157 e. The van der Waals surface area contributed by atoms with Crippen molar-refractivity contribution in [3.05, 3.63) is 78.2 Å². The van der Waals surface area contributed by atoms with Gasteiger partial charge < -0.3 is 10.1 Å². The molecule has 1 aromatic carbocycles. The van der Waals surface area contributed by atoms with E-state index in [1.165, 1.54) is 11.1 Å². The summed E-state index contributed by atoms with van der Waals surface area (Å²) in [6.45, 7) is 1.42. The van der Waals surface area contributed by atoms with E-state index in [1.807, 2.05) is 28.8 Å². The molecule has 0 saturated heterocycles. The number of ether oxygens (including phenoxy) is 1. The summed E-state index contributed by atoms with van der Waals surface area (Å²) in [4.78, 5) is 8.79. The summed E-state index contributed by atoms with van der Waals surface area (Å²) in [6.07, 6.45) is 6.31. The Morgan fingerprint density at radius 1 is 1.07 bits per heavy atom. The summed E-state index contributed by atoms with van der Waals surface area (Å²) < 4.78 is 7.84. The molecular formula is C21H19N5O. The Morgan fingerprint density at radius 3 is 2.89 bits per heavy atom. The molecule has 27 heavy (non-hydrogen) atoms. The smallest absolute Gasteiger partial charge is 0.157 e. The van der Waals surface area contributed by atoms with Crippen LogP contribution < -0.4 is 5.32 Å². The third-order valence-corrected chi connectivity index (χ3v) is 4.90. The highest BCUT2D eigenvalue weighted by Crippen LogP contribution is 2.28. The van der Waals surface area contributed by atoms with Crippen molar-refractivity contribution in [1.29, 1.82) is 0 Å². The van der Waals surface area contributed by atoms with E-state index in [-0.39, 0.29) is 6.10 Å². The molecule has 0 radical (unpaired) electrons. The second kappa shape index (κ2) is 6.81. The molecule has 0 unspecified atom stereocenters. The van der Waals surface area contributed by atoms with E-state index in [0.29, 0.717) is 6.54 Å². The van der Waals surface area contributed by atoms with E-state index in [4.69, 9.17) is 9.72 Å². The monoisotopic (exact) mass is 357 g/mol. The number of benzene rings is 1. The lowest BCUT2D eigenvalue weighted by molar-refractivity contribution is 0.0513. The first-order valence-corrected chi connectivity index (χ1v) is 9.07. The molecule has 4 aromatic rings. The van der Waals surface area contributed by atoms with Gasteiger partial charge in [-0.25, -0.2) is 4.98 Å². The van der Waals surface area contributed by atoms with Crippen LogP contribution in [0.1, 0.15) is 17.2 Å². The van der Waals surface area contributed by atoms with Gasteiger partial charge in [-0.15, -0.1) is 0 Å². The van der Waals surface area contributed by atoms with E-state index in [0.717, 1.165) is 35.8 Å². The number of fused-ring (bicyclic) bond motifs is 2. The Balaban J connectivity index is 1.46. The fraction of sp³-hybridized carbons (Fsp3) is 0.190. The molecule has 0 saturated carbocycles. The third kappa shape index (κ3) is 3.04. The Bertz CT molecular complexity index is 1080. The van der Waals surface area contributed by atoms with Crippen LogP contribution in [0.25, 0.3) is 16.9 Å². The van der Waals surface area contributed by atoms with Crippen LogP contribution in [0.2, 0.25) is 0 Å². The molecule has 1 aliphatic rings. The lowest BCUT2D eigenvalue weighted by Crippen LogP contribution is -2.23. The van der Waals surface area contributed by atoms with Gasteiger partial charge in [0, 0.05) is 36.6 Å². The molecule has 6 heteroatoms. The molecule has 5 rings (SSSR count). The highest BCUT2D eigenvalue weighted by molar-refractivity contribution is 5.66. The van der Waals surface area contributed by atoms with E-state index in [2.05, 4.69) is 39.7 Å². The van der Waals surface area contributed by atoms with Gasteiger partial charge >= 0.3 is 0 Å². The van der Waals surface area contributed by atoms with Crippen molar-refractivity contribution in [3.8, 4) is 11.3 Å². The molecule has 0 aliphatic carbocycles. The lowest BCUT2D eigenvalue weighted by Gasteiger charge is -2.26. The Kier molecular flexibility index (Phi) is 4.03. The van der Waals surface area contributed by atoms with Crippen LogP contribution in [-0.4, -0.2) is 32.7 Å². The van der Waals surface area contributed by atoms with Gasteiger partial charge in [-0.1, -0.05) is 24.3 Å². The first-order valence-electron chi connectivity index (χ1n) is 9.07. The van der Waals surface area contributed by atoms with Crippen LogP contribution in [0.4, 0.5) is 5.82 Å². The highest BCUT2D eigenvalue weighted by Gasteiger charge is 2.20. The summed E-state index contributed by atoms with van der Waals surface area (Å²) >= 11 is 0. The van der Waals surface area contributed by atoms with Gasteiger partial charge in [-0.05, 0) is 29.7 Å². The number of hydrogen-bond donors (Lipinski definition) is 1. The van der Waals surface area contributed by atoms with Crippen molar-refractivity contribution in [2.45, 2.75) is 12.5 Å². The number of nitrogens with one attached hydrogen (secondary N) is 1. The van der Waals surface area contributed by atoms with Gasteiger partial charge in [-0.3, -0.25) is 4.98 Å². The first kappa shape index (κ1) is 16.0. The maximum absolute atomic E-state index is 6.02. The molecule has 1 aliphatic heterocycles. The molecule has 0 fully saturated rings. The van der Waals surface area contributed by atoms with Gasteiger partial charge in [0.05, 0.1) is 24.6 Å². The fourth-order valence-electron chi connectivity index (χ4n) is 3.55. The normalized spacial score (nSPS) is 16.2. The van der Waals surface area contributed by atoms with Crippen molar-refractivity contribution in [3.63, 3.8) is 0 Å². The minimum atomic E-state index is 0.0260. The summed E-state index contributed by atoms with van der Waals surface area (Å²) in [5, 5.41) is 7.91. The Labute approximate surface area is 156 Å². The Morgan fingerprint density at radius 2 is 1.96 bits per heavy atom. The topological polar surface area (TPSA) is 64.3 Å². The SMILES string of the molecule is c1ccc2c(c1)CCO[C@@H]2CNc1cc(-c2ccncc2)nc2ccnn12. The van der Waals surface area contributed by atoms with Crippen molar-refractivity contribution in [1.82, 2.24) is 19.6 Å². The molecule has 0 bridgehead atoms. The second-order valence-electron chi connectivity index (χ2n) is 6.55. The molecule has 134 valence electrons. The lowest BCUT2D eigenvalue weighted by atomic mass is 9.97. The van der Waals surface area contributed by atoms with Gasteiger partial charge in [0.2, 0.25) is 0 Å². The molecule has 3 aromatic heterocycles.